The number of hydrogen-bond donors (Lipinski definition) is 0. The molecule has 0 heterocycles. The molecule has 0 aliphatic carbocycles. The van der Waals surface area contributed by atoms with E-state index >= 15 is 0 Å². The molecule has 3 aromatic rings. The number of alkyl halides is 12. The molecule has 0 aromatic heterocycles. The van der Waals surface area contributed by atoms with Gasteiger partial charge in [0.2, 0.25) is 0 Å². The molecule has 0 bridgehead atoms. The maximum absolute atomic E-state index is 14.0. The van der Waals surface area contributed by atoms with Gasteiger partial charge in [0.05, 0.1) is 17.7 Å². The number of halogens is 12. The summed E-state index contributed by atoms with van der Waals surface area (Å²) in [5.74, 6) is -38.7. The lowest BCUT2D eigenvalue weighted by atomic mass is 9.94. The molecule has 0 atom stereocenters. The Morgan fingerprint density at radius 1 is 0.500 bits per heavy atom. The Bertz CT molecular complexity index is 1750. The molecular weight excluding hydrogens is 824 g/mol. The normalized spacial score (nSPS) is 12.8. The van der Waals surface area contributed by atoms with E-state index in [2.05, 4.69) is 11.7 Å². The second-order valence-electron chi connectivity index (χ2n) is 14.4. The van der Waals surface area contributed by atoms with Crippen LogP contribution in [0.4, 0.5) is 52.7 Å². The molecule has 5 nitrogen and oxygen atoms in total. The van der Waals surface area contributed by atoms with E-state index in [1.54, 1.807) is 12.1 Å². The lowest BCUT2D eigenvalue weighted by Gasteiger charge is -2.38. The average molecular weight is 873 g/mol. The number of rotatable bonds is 27. The summed E-state index contributed by atoms with van der Waals surface area (Å²) in [5.41, 5.74) is 0.973. The zero-order valence-electron chi connectivity index (χ0n) is 32.9. The van der Waals surface area contributed by atoms with E-state index in [0.29, 0.717) is 6.61 Å². The molecule has 0 saturated heterocycles. The molecule has 3 rings (SSSR count). The van der Waals surface area contributed by atoms with Crippen LogP contribution in [-0.4, -0.2) is 61.2 Å². The van der Waals surface area contributed by atoms with E-state index in [0.717, 1.165) is 54.0 Å². The van der Waals surface area contributed by atoms with E-state index in [-0.39, 0.29) is 11.3 Å². The Morgan fingerprint density at radius 3 is 1.37 bits per heavy atom. The van der Waals surface area contributed by atoms with Crippen LogP contribution in [-0.2, 0) is 4.74 Å². The lowest BCUT2D eigenvalue weighted by Crippen LogP contribution is -2.69. The molecule has 0 unspecified atom stereocenters. The number of benzene rings is 3. The Balaban J connectivity index is 1.41. The minimum absolute atomic E-state index is 0.0900. The fraction of sp³-hybridized carbons (Fsp3) is 0.535. The van der Waals surface area contributed by atoms with Crippen LogP contribution in [0.15, 0.2) is 72.8 Å². The molecule has 334 valence electrons. The fourth-order valence-electron chi connectivity index (χ4n) is 5.96. The van der Waals surface area contributed by atoms with Gasteiger partial charge in [-0.15, -0.1) is 0 Å². The predicted molar refractivity (Wildman–Crippen MR) is 200 cm³/mol. The topological polar surface area (TPSA) is 61.8 Å². The van der Waals surface area contributed by atoms with Gasteiger partial charge in [-0.25, -0.2) is 18.4 Å². The van der Waals surface area contributed by atoms with Gasteiger partial charge in [-0.2, -0.15) is 43.9 Å². The minimum atomic E-state index is -7.74. The van der Waals surface area contributed by atoms with E-state index < -0.39 is 60.1 Å². The number of hydrogen-bond acceptors (Lipinski definition) is 5. The summed E-state index contributed by atoms with van der Waals surface area (Å²) >= 11 is 0. The van der Waals surface area contributed by atoms with E-state index in [9.17, 15) is 62.3 Å². The number of carbonyl (C=O) groups is 2. The van der Waals surface area contributed by atoms with Crippen molar-refractivity contribution >= 4 is 11.9 Å². The van der Waals surface area contributed by atoms with Gasteiger partial charge < -0.3 is 14.2 Å². The second kappa shape index (κ2) is 22.4. The number of carbonyl (C=O) groups excluding carboxylic acids is 2. The van der Waals surface area contributed by atoms with E-state index in [1.165, 1.54) is 89.2 Å². The first kappa shape index (κ1) is 49.9. The number of esters is 2. The van der Waals surface area contributed by atoms with Crippen LogP contribution in [0.1, 0.15) is 118 Å². The van der Waals surface area contributed by atoms with Crippen LogP contribution in [0.2, 0.25) is 0 Å². The smallest absolute Gasteiger partial charge is 0.384 e. The minimum Gasteiger partial charge on any atom is -0.494 e. The molecule has 0 fully saturated rings. The molecule has 0 saturated carbocycles. The van der Waals surface area contributed by atoms with E-state index in [1.807, 2.05) is 24.3 Å². The summed E-state index contributed by atoms with van der Waals surface area (Å²) in [4.78, 5) is 24.8. The van der Waals surface area contributed by atoms with Crippen molar-refractivity contribution in [3.8, 4) is 22.6 Å². The monoisotopic (exact) mass is 872 g/mol. The second-order valence-corrected chi connectivity index (χ2v) is 14.4. The third kappa shape index (κ3) is 13.0. The summed E-state index contributed by atoms with van der Waals surface area (Å²) < 4.78 is 175. The first-order chi connectivity index (χ1) is 28.2. The van der Waals surface area contributed by atoms with Crippen molar-refractivity contribution in [2.24, 2.45) is 0 Å². The van der Waals surface area contributed by atoms with Crippen molar-refractivity contribution in [2.45, 2.75) is 133 Å². The summed E-state index contributed by atoms with van der Waals surface area (Å²) in [7, 11) is 0. The molecule has 60 heavy (non-hydrogen) atoms. The highest BCUT2D eigenvalue weighted by atomic mass is 19.4. The first-order valence-corrected chi connectivity index (χ1v) is 19.7. The Kier molecular flexibility index (Phi) is 18.6. The first-order valence-electron chi connectivity index (χ1n) is 19.7. The van der Waals surface area contributed by atoms with Crippen LogP contribution in [0.5, 0.6) is 11.5 Å². The van der Waals surface area contributed by atoms with Crippen molar-refractivity contribution in [1.29, 1.82) is 0 Å². The molecule has 0 radical (unpaired) electrons. The zero-order chi connectivity index (χ0) is 44.6. The lowest BCUT2D eigenvalue weighted by molar-refractivity contribution is -0.414. The van der Waals surface area contributed by atoms with Crippen LogP contribution >= 0.6 is 0 Å². The molecular formula is C43H48F12O5. The quantitative estimate of drug-likeness (QED) is 0.0330. The van der Waals surface area contributed by atoms with Crippen molar-refractivity contribution in [1.82, 2.24) is 0 Å². The molecule has 0 aliphatic rings. The molecule has 0 N–H and O–H groups in total. The average Bonchev–Trinajstić information content (AvgIpc) is 3.21. The fourth-order valence-corrected chi connectivity index (χ4v) is 5.96. The molecule has 17 heteroatoms. The standard InChI is InChI=1S/C43H48F12O5/c1-2-3-4-5-6-7-8-9-10-11-12-13-14-15-28-58-34-24-20-31(21-25-34)30-16-18-33(19-17-30)37(57)60-35-26-22-32(23-27-35)36(56)59-29-39(46,47)41(50,51)43(54,55)42(52,53)40(48,49)38(44)45/h16-27,38H,2-15,28-29H2,1H3. The maximum Gasteiger partial charge on any atom is 0.384 e. The van der Waals surface area contributed by atoms with Gasteiger partial charge in [0.1, 0.15) is 11.5 Å². The Labute approximate surface area is 340 Å². The van der Waals surface area contributed by atoms with Gasteiger partial charge in [0.15, 0.2) is 6.61 Å². The van der Waals surface area contributed by atoms with Crippen LogP contribution < -0.4 is 9.47 Å². The van der Waals surface area contributed by atoms with Crippen LogP contribution in [0.3, 0.4) is 0 Å². The summed E-state index contributed by atoms with van der Waals surface area (Å²) in [5, 5.41) is 0. The largest absolute Gasteiger partial charge is 0.494 e. The molecule has 0 spiro atoms. The third-order valence-corrected chi connectivity index (χ3v) is 9.70. The van der Waals surface area contributed by atoms with Crippen molar-refractivity contribution in [3.05, 3.63) is 83.9 Å². The summed E-state index contributed by atoms with van der Waals surface area (Å²) in [6.45, 7) is -0.205. The van der Waals surface area contributed by atoms with Gasteiger partial charge in [-0.05, 0) is 66.1 Å². The molecule has 0 aliphatic heterocycles. The van der Waals surface area contributed by atoms with Gasteiger partial charge in [-0.3, -0.25) is 0 Å². The summed E-state index contributed by atoms with van der Waals surface area (Å²) in [6.07, 6.45) is 12.1. The summed E-state index contributed by atoms with van der Waals surface area (Å²) in [6, 6.07) is 17.0. The molecule has 0 amide bonds. The van der Waals surface area contributed by atoms with Crippen LogP contribution in [0, 0.1) is 0 Å². The van der Waals surface area contributed by atoms with Crippen molar-refractivity contribution in [3.63, 3.8) is 0 Å². The Morgan fingerprint density at radius 2 is 0.900 bits per heavy atom. The van der Waals surface area contributed by atoms with Gasteiger partial charge in [0, 0.05) is 0 Å². The van der Waals surface area contributed by atoms with Gasteiger partial charge in [0.25, 0.3) is 0 Å². The zero-order valence-corrected chi connectivity index (χ0v) is 32.9. The Hall–Kier alpha value is -4.44. The van der Waals surface area contributed by atoms with E-state index in [4.69, 9.17) is 9.47 Å². The van der Waals surface area contributed by atoms with Gasteiger partial charge >= 0.3 is 48.0 Å². The highest BCUT2D eigenvalue weighted by Crippen LogP contribution is 2.58. The number of ether oxygens (including phenoxy) is 3. The SMILES string of the molecule is CCCCCCCCCCCCCCCCOc1ccc(-c2ccc(C(=O)Oc3ccc(C(=O)OCC(F)(F)C(F)(F)C(F)(F)C(F)(F)C(F)(F)C(F)F)cc3)cc2)cc1. The highest BCUT2D eigenvalue weighted by molar-refractivity contribution is 5.92. The van der Waals surface area contributed by atoms with Gasteiger partial charge in [-0.1, -0.05) is 115 Å². The number of unbranched alkanes of at least 4 members (excludes halogenated alkanes) is 13. The predicted octanol–water partition coefficient (Wildman–Crippen LogP) is 14.0. The third-order valence-electron chi connectivity index (χ3n) is 9.70. The van der Waals surface area contributed by atoms with Crippen molar-refractivity contribution < 1.29 is 76.5 Å². The maximum atomic E-state index is 14.0. The molecule has 3 aromatic carbocycles. The van der Waals surface area contributed by atoms with Crippen LogP contribution in [0.25, 0.3) is 11.1 Å². The van der Waals surface area contributed by atoms with Crippen molar-refractivity contribution in [2.75, 3.05) is 13.2 Å². The highest BCUT2D eigenvalue weighted by Gasteiger charge is 2.88.